The number of hydrogen-bond donors (Lipinski definition) is 1. The van der Waals surface area contributed by atoms with Gasteiger partial charge in [0.2, 0.25) is 0 Å². The number of methoxy groups -OCH3 is 2. The number of nitrogens with one attached hydrogen (secondary N) is 1. The molecule has 1 N–H and O–H groups in total. The summed E-state index contributed by atoms with van der Waals surface area (Å²) in [4.78, 5) is 26.2. The van der Waals surface area contributed by atoms with Crippen LogP contribution in [-0.4, -0.2) is 35.7 Å². The van der Waals surface area contributed by atoms with Crippen molar-refractivity contribution in [1.82, 2.24) is 9.55 Å². The third-order valence-corrected chi connectivity index (χ3v) is 3.41. The molecule has 20 heavy (non-hydrogen) atoms. The summed E-state index contributed by atoms with van der Waals surface area (Å²) in [5.74, 6) is -1.22. The van der Waals surface area contributed by atoms with Crippen LogP contribution >= 0.6 is 23.2 Å². The van der Waals surface area contributed by atoms with Crippen molar-refractivity contribution in [3.63, 3.8) is 0 Å². The first-order valence-corrected chi connectivity index (χ1v) is 6.18. The van der Waals surface area contributed by atoms with Gasteiger partial charge in [-0.25, -0.2) is 9.59 Å². The Labute approximate surface area is 124 Å². The second kappa shape index (κ2) is 5.60. The van der Waals surface area contributed by atoms with Gasteiger partial charge in [0.25, 0.3) is 0 Å². The molecule has 106 valence electrons. The van der Waals surface area contributed by atoms with Crippen molar-refractivity contribution >= 4 is 35.1 Å². The van der Waals surface area contributed by atoms with E-state index < -0.39 is 11.9 Å². The molecular formula is C12H10Cl2N2O4. The Morgan fingerprint density at radius 3 is 2.45 bits per heavy atom. The van der Waals surface area contributed by atoms with Crippen LogP contribution in [0.1, 0.15) is 21.0 Å². The van der Waals surface area contributed by atoms with Crippen LogP contribution in [-0.2, 0) is 9.47 Å². The van der Waals surface area contributed by atoms with Gasteiger partial charge in [0.05, 0.1) is 24.9 Å². The van der Waals surface area contributed by atoms with Gasteiger partial charge < -0.3 is 14.5 Å². The maximum atomic E-state index is 11.8. The minimum atomic E-state index is -0.629. The van der Waals surface area contributed by atoms with E-state index in [4.69, 9.17) is 23.2 Å². The van der Waals surface area contributed by atoms with Crippen LogP contribution < -0.4 is 0 Å². The molecule has 0 saturated carbocycles. The number of nitrogens with zero attached hydrogens (tertiary/aromatic N) is 1. The highest BCUT2D eigenvalue weighted by atomic mass is 35.5. The van der Waals surface area contributed by atoms with E-state index in [0.29, 0.717) is 5.69 Å². The molecule has 0 aliphatic carbocycles. The third kappa shape index (κ3) is 2.28. The van der Waals surface area contributed by atoms with E-state index in [0.717, 1.165) is 0 Å². The average Bonchev–Trinajstić information content (AvgIpc) is 3.03. The Kier molecular flexibility index (Phi) is 4.06. The molecule has 8 heteroatoms. The van der Waals surface area contributed by atoms with Crippen molar-refractivity contribution in [1.29, 1.82) is 0 Å². The normalized spacial score (nSPS) is 10.4. The first kappa shape index (κ1) is 14.5. The zero-order valence-corrected chi connectivity index (χ0v) is 12.1. The van der Waals surface area contributed by atoms with Gasteiger partial charge in [-0.15, -0.1) is 0 Å². The van der Waals surface area contributed by atoms with Gasteiger partial charge >= 0.3 is 11.9 Å². The van der Waals surface area contributed by atoms with E-state index in [2.05, 4.69) is 14.5 Å². The Bertz CT molecular complexity index is 675. The fourth-order valence-corrected chi connectivity index (χ4v) is 2.18. The number of hydrogen-bond acceptors (Lipinski definition) is 4. The topological polar surface area (TPSA) is 73.3 Å². The van der Waals surface area contributed by atoms with Gasteiger partial charge in [0, 0.05) is 6.20 Å². The van der Waals surface area contributed by atoms with Gasteiger partial charge in [-0.2, -0.15) is 0 Å². The van der Waals surface area contributed by atoms with Gasteiger partial charge in [-0.1, -0.05) is 23.2 Å². The Morgan fingerprint density at radius 2 is 1.85 bits per heavy atom. The van der Waals surface area contributed by atoms with Crippen LogP contribution in [0.5, 0.6) is 0 Å². The number of carbonyl (C=O) groups is 2. The maximum absolute atomic E-state index is 11.8. The van der Waals surface area contributed by atoms with Gasteiger partial charge in [0.15, 0.2) is 0 Å². The van der Waals surface area contributed by atoms with Crippen molar-refractivity contribution in [2.75, 3.05) is 14.2 Å². The molecule has 0 amide bonds. The minimum absolute atomic E-state index is 0.0943. The molecule has 0 atom stereocenters. The van der Waals surface area contributed by atoms with E-state index in [1.54, 1.807) is 6.07 Å². The number of aromatic amines is 1. The number of H-pyrrole nitrogens is 1. The predicted octanol–water partition coefficient (Wildman–Crippen LogP) is 2.69. The summed E-state index contributed by atoms with van der Waals surface area (Å²) in [6.07, 6.45) is 1.52. The van der Waals surface area contributed by atoms with Crippen molar-refractivity contribution in [3.8, 4) is 5.69 Å². The number of ether oxygens (including phenoxy) is 2. The molecule has 2 heterocycles. The summed E-state index contributed by atoms with van der Waals surface area (Å²) in [5.41, 5.74) is 0.591. The lowest BCUT2D eigenvalue weighted by Gasteiger charge is -2.09. The lowest BCUT2D eigenvalue weighted by molar-refractivity contribution is 0.0579. The van der Waals surface area contributed by atoms with E-state index in [1.807, 2.05) is 0 Å². The van der Waals surface area contributed by atoms with Crippen LogP contribution in [0, 0.1) is 0 Å². The van der Waals surface area contributed by atoms with Crippen LogP contribution in [0.4, 0.5) is 0 Å². The molecule has 2 aromatic rings. The molecule has 0 aromatic carbocycles. The number of rotatable bonds is 3. The number of aromatic nitrogens is 2. The Hall–Kier alpha value is -1.92. The highest BCUT2D eigenvalue weighted by Gasteiger charge is 2.24. The molecule has 0 saturated heterocycles. The van der Waals surface area contributed by atoms with Gasteiger partial charge in [0.1, 0.15) is 16.5 Å². The number of esters is 2. The highest BCUT2D eigenvalue weighted by molar-refractivity contribution is 6.42. The largest absolute Gasteiger partial charge is 0.464 e. The van der Waals surface area contributed by atoms with Gasteiger partial charge in [-0.3, -0.25) is 4.57 Å². The van der Waals surface area contributed by atoms with E-state index >= 15 is 0 Å². The SMILES string of the molecule is COC(=O)c1[nH]ccc1-n1c(C(=O)OC)cc(Cl)c1Cl. The highest BCUT2D eigenvalue weighted by Crippen LogP contribution is 2.31. The molecule has 0 fully saturated rings. The summed E-state index contributed by atoms with van der Waals surface area (Å²) in [6.45, 7) is 0. The summed E-state index contributed by atoms with van der Waals surface area (Å²) in [6, 6.07) is 2.94. The van der Waals surface area contributed by atoms with Crippen LogP contribution in [0.25, 0.3) is 5.69 Å². The van der Waals surface area contributed by atoms with Crippen molar-refractivity contribution in [3.05, 3.63) is 39.9 Å². The standard InChI is InChI=1S/C12H10Cl2N2O4/c1-19-11(17)8-5-6(13)10(14)16(8)7-3-4-15-9(7)12(18)20-2/h3-5,15H,1-2H3. The third-order valence-electron chi connectivity index (χ3n) is 2.65. The zero-order valence-electron chi connectivity index (χ0n) is 10.6. The molecule has 0 aliphatic rings. The van der Waals surface area contributed by atoms with E-state index in [-0.39, 0.29) is 21.6 Å². The average molecular weight is 317 g/mol. The molecule has 6 nitrogen and oxygen atoms in total. The van der Waals surface area contributed by atoms with Crippen LogP contribution in [0.15, 0.2) is 18.3 Å². The lowest BCUT2D eigenvalue weighted by atomic mass is 10.3. The lowest BCUT2D eigenvalue weighted by Crippen LogP contribution is -2.12. The number of carbonyl (C=O) groups excluding carboxylic acids is 2. The molecule has 0 unspecified atom stereocenters. The molecule has 2 rings (SSSR count). The molecule has 0 aliphatic heterocycles. The quantitative estimate of drug-likeness (QED) is 0.883. The summed E-state index contributed by atoms with van der Waals surface area (Å²) in [5, 5.41) is 0.265. The molecule has 2 aromatic heterocycles. The second-order valence-electron chi connectivity index (χ2n) is 3.72. The fraction of sp³-hybridized carbons (Fsp3) is 0.167. The smallest absolute Gasteiger partial charge is 0.356 e. The van der Waals surface area contributed by atoms with Gasteiger partial charge in [-0.05, 0) is 12.1 Å². The monoisotopic (exact) mass is 316 g/mol. The summed E-state index contributed by atoms with van der Waals surface area (Å²) < 4.78 is 10.6. The minimum Gasteiger partial charge on any atom is -0.464 e. The molecule has 0 radical (unpaired) electrons. The molecular weight excluding hydrogens is 307 g/mol. The molecule has 0 bridgehead atoms. The Morgan fingerprint density at radius 1 is 1.20 bits per heavy atom. The van der Waals surface area contributed by atoms with Crippen molar-refractivity contribution in [2.24, 2.45) is 0 Å². The first-order chi connectivity index (χ1) is 9.51. The van der Waals surface area contributed by atoms with E-state index in [1.165, 1.54) is 31.0 Å². The summed E-state index contributed by atoms with van der Waals surface area (Å²) in [7, 11) is 2.48. The number of halogens is 2. The van der Waals surface area contributed by atoms with E-state index in [9.17, 15) is 9.59 Å². The molecule has 0 spiro atoms. The zero-order chi connectivity index (χ0) is 14.9. The van der Waals surface area contributed by atoms with Crippen molar-refractivity contribution < 1.29 is 19.1 Å². The fourth-order valence-electron chi connectivity index (χ4n) is 1.76. The van der Waals surface area contributed by atoms with Crippen LogP contribution in [0.2, 0.25) is 10.2 Å². The van der Waals surface area contributed by atoms with Crippen LogP contribution in [0.3, 0.4) is 0 Å². The Balaban J connectivity index is 2.67. The first-order valence-electron chi connectivity index (χ1n) is 5.42. The second-order valence-corrected chi connectivity index (χ2v) is 4.49. The van der Waals surface area contributed by atoms with Crippen molar-refractivity contribution in [2.45, 2.75) is 0 Å². The summed E-state index contributed by atoms with van der Waals surface area (Å²) >= 11 is 12.0. The maximum Gasteiger partial charge on any atom is 0.356 e. The predicted molar refractivity (Wildman–Crippen MR) is 72.8 cm³/mol.